The molecule has 2 heteroatoms. The van der Waals surface area contributed by atoms with E-state index >= 15 is 0 Å². The molecule has 1 saturated carbocycles. The zero-order valence-corrected chi connectivity index (χ0v) is 9.50. The summed E-state index contributed by atoms with van der Waals surface area (Å²) in [6.45, 7) is 5.83. The molecular weight excluding hydrogens is 174 g/mol. The third kappa shape index (κ3) is 2.29. The summed E-state index contributed by atoms with van der Waals surface area (Å²) in [5, 5.41) is 9.80. The molecule has 0 amide bonds. The van der Waals surface area contributed by atoms with Gasteiger partial charge in [-0.3, -0.25) is 4.90 Å². The lowest BCUT2D eigenvalue weighted by molar-refractivity contribution is 0.115. The Morgan fingerprint density at radius 2 is 2.14 bits per heavy atom. The minimum Gasteiger partial charge on any atom is -0.390 e. The summed E-state index contributed by atoms with van der Waals surface area (Å²) in [6.07, 6.45) is 7.01. The first kappa shape index (κ1) is 10.4. The van der Waals surface area contributed by atoms with E-state index < -0.39 is 0 Å². The van der Waals surface area contributed by atoms with Gasteiger partial charge in [-0.1, -0.05) is 0 Å². The monoisotopic (exact) mass is 197 g/mol. The Labute approximate surface area is 87.3 Å². The van der Waals surface area contributed by atoms with Crippen LogP contribution in [0.5, 0.6) is 0 Å². The summed E-state index contributed by atoms with van der Waals surface area (Å²) in [5.74, 6) is 0. The standard InChI is InChI=1S/C12H23NO/c1-10(2)13-9-3-4-11(13)5-6-12(14)7-8-12/h10-11,14H,3-9H2,1-2H3. The van der Waals surface area contributed by atoms with Crippen LogP contribution < -0.4 is 0 Å². The molecule has 1 atom stereocenters. The van der Waals surface area contributed by atoms with Gasteiger partial charge in [0.1, 0.15) is 0 Å². The number of hydrogen-bond acceptors (Lipinski definition) is 2. The van der Waals surface area contributed by atoms with Crippen molar-refractivity contribution in [2.45, 2.75) is 70.1 Å². The lowest BCUT2D eigenvalue weighted by Gasteiger charge is -2.28. The highest BCUT2D eigenvalue weighted by Gasteiger charge is 2.41. The molecule has 82 valence electrons. The van der Waals surface area contributed by atoms with E-state index in [0.29, 0.717) is 6.04 Å². The van der Waals surface area contributed by atoms with Crippen LogP contribution in [0.25, 0.3) is 0 Å². The van der Waals surface area contributed by atoms with Gasteiger partial charge in [-0.2, -0.15) is 0 Å². The predicted octanol–water partition coefficient (Wildman–Crippen LogP) is 2.16. The molecule has 0 bridgehead atoms. The van der Waals surface area contributed by atoms with Gasteiger partial charge in [-0.05, 0) is 58.9 Å². The molecule has 2 rings (SSSR count). The quantitative estimate of drug-likeness (QED) is 0.746. The zero-order valence-electron chi connectivity index (χ0n) is 9.50. The first-order valence-corrected chi connectivity index (χ1v) is 6.09. The highest BCUT2D eigenvalue weighted by atomic mass is 16.3. The molecule has 1 N–H and O–H groups in total. The molecule has 14 heavy (non-hydrogen) atoms. The number of nitrogens with zero attached hydrogens (tertiary/aromatic N) is 1. The molecule has 2 nitrogen and oxygen atoms in total. The highest BCUT2D eigenvalue weighted by molar-refractivity contribution is 4.95. The van der Waals surface area contributed by atoms with E-state index in [4.69, 9.17) is 0 Å². The molecule has 0 aromatic heterocycles. The second-order valence-electron chi connectivity index (χ2n) is 5.39. The fourth-order valence-corrected chi connectivity index (χ4v) is 2.68. The Morgan fingerprint density at radius 1 is 1.43 bits per heavy atom. The van der Waals surface area contributed by atoms with E-state index in [1.165, 1.54) is 25.8 Å². The first-order chi connectivity index (χ1) is 6.61. The largest absolute Gasteiger partial charge is 0.390 e. The summed E-state index contributed by atoms with van der Waals surface area (Å²) in [4.78, 5) is 2.60. The van der Waals surface area contributed by atoms with Gasteiger partial charge in [0.25, 0.3) is 0 Å². The fourth-order valence-electron chi connectivity index (χ4n) is 2.68. The molecule has 0 aromatic rings. The minimum absolute atomic E-state index is 0.245. The second-order valence-corrected chi connectivity index (χ2v) is 5.39. The van der Waals surface area contributed by atoms with Crippen molar-refractivity contribution in [1.29, 1.82) is 0 Å². The topological polar surface area (TPSA) is 23.5 Å². The number of likely N-dealkylation sites (tertiary alicyclic amines) is 1. The average molecular weight is 197 g/mol. The summed E-state index contributed by atoms with van der Waals surface area (Å²) in [7, 11) is 0. The molecule has 1 aliphatic heterocycles. The molecule has 1 heterocycles. The van der Waals surface area contributed by atoms with Crippen molar-refractivity contribution in [3.63, 3.8) is 0 Å². The zero-order chi connectivity index (χ0) is 10.2. The van der Waals surface area contributed by atoms with Crippen LogP contribution in [0, 0.1) is 0 Å². The van der Waals surface area contributed by atoms with Crippen LogP contribution in [0.2, 0.25) is 0 Å². The van der Waals surface area contributed by atoms with Crippen molar-refractivity contribution in [3.8, 4) is 0 Å². The van der Waals surface area contributed by atoms with Gasteiger partial charge >= 0.3 is 0 Å². The van der Waals surface area contributed by atoms with Crippen molar-refractivity contribution in [2.75, 3.05) is 6.54 Å². The van der Waals surface area contributed by atoms with E-state index in [1.54, 1.807) is 0 Å². The maximum atomic E-state index is 9.80. The lowest BCUT2D eigenvalue weighted by Crippen LogP contribution is -2.36. The minimum atomic E-state index is -0.245. The molecule has 0 aromatic carbocycles. The smallest absolute Gasteiger partial charge is 0.0650 e. The number of rotatable bonds is 4. The van der Waals surface area contributed by atoms with Crippen LogP contribution in [-0.2, 0) is 0 Å². The van der Waals surface area contributed by atoms with Gasteiger partial charge in [0, 0.05) is 12.1 Å². The SMILES string of the molecule is CC(C)N1CCCC1CCC1(O)CC1. The molecule has 1 aliphatic carbocycles. The van der Waals surface area contributed by atoms with Crippen LogP contribution in [0.15, 0.2) is 0 Å². The van der Waals surface area contributed by atoms with E-state index in [2.05, 4.69) is 18.7 Å². The van der Waals surface area contributed by atoms with Crippen LogP contribution in [0.3, 0.4) is 0 Å². The molecule has 1 saturated heterocycles. The van der Waals surface area contributed by atoms with E-state index in [9.17, 15) is 5.11 Å². The van der Waals surface area contributed by atoms with Crippen molar-refractivity contribution in [2.24, 2.45) is 0 Å². The molecule has 0 radical (unpaired) electrons. The first-order valence-electron chi connectivity index (χ1n) is 6.09. The van der Waals surface area contributed by atoms with Crippen molar-refractivity contribution in [1.82, 2.24) is 4.90 Å². The highest BCUT2D eigenvalue weighted by Crippen LogP contribution is 2.40. The Balaban J connectivity index is 1.78. The predicted molar refractivity (Wildman–Crippen MR) is 58.3 cm³/mol. The normalized spacial score (nSPS) is 31.3. The Morgan fingerprint density at radius 3 is 2.71 bits per heavy atom. The summed E-state index contributed by atoms with van der Waals surface area (Å²) >= 11 is 0. The van der Waals surface area contributed by atoms with Gasteiger partial charge in [-0.15, -0.1) is 0 Å². The van der Waals surface area contributed by atoms with Crippen molar-refractivity contribution >= 4 is 0 Å². The molecular formula is C12H23NO. The molecule has 1 unspecified atom stereocenters. The van der Waals surface area contributed by atoms with Gasteiger partial charge in [0.15, 0.2) is 0 Å². The summed E-state index contributed by atoms with van der Waals surface area (Å²) < 4.78 is 0. The fraction of sp³-hybridized carbons (Fsp3) is 1.00. The number of aliphatic hydroxyl groups is 1. The van der Waals surface area contributed by atoms with Gasteiger partial charge in [0.2, 0.25) is 0 Å². The van der Waals surface area contributed by atoms with E-state index in [0.717, 1.165) is 25.3 Å². The van der Waals surface area contributed by atoms with Crippen LogP contribution >= 0.6 is 0 Å². The third-order valence-electron chi connectivity index (χ3n) is 3.86. The Kier molecular flexibility index (Phi) is 2.85. The average Bonchev–Trinajstić information content (AvgIpc) is 2.68. The van der Waals surface area contributed by atoms with E-state index in [1.807, 2.05) is 0 Å². The third-order valence-corrected chi connectivity index (χ3v) is 3.86. The van der Waals surface area contributed by atoms with Crippen LogP contribution in [0.1, 0.15) is 52.4 Å². The molecule has 0 spiro atoms. The van der Waals surface area contributed by atoms with Crippen LogP contribution in [0.4, 0.5) is 0 Å². The van der Waals surface area contributed by atoms with E-state index in [-0.39, 0.29) is 5.60 Å². The summed E-state index contributed by atoms with van der Waals surface area (Å²) in [6, 6.07) is 1.43. The maximum absolute atomic E-state index is 9.80. The van der Waals surface area contributed by atoms with Gasteiger partial charge < -0.3 is 5.11 Å². The second kappa shape index (κ2) is 3.82. The van der Waals surface area contributed by atoms with Gasteiger partial charge in [-0.25, -0.2) is 0 Å². The Hall–Kier alpha value is -0.0800. The lowest BCUT2D eigenvalue weighted by atomic mass is 10.0. The van der Waals surface area contributed by atoms with Gasteiger partial charge in [0.05, 0.1) is 5.60 Å². The van der Waals surface area contributed by atoms with Crippen molar-refractivity contribution in [3.05, 3.63) is 0 Å². The van der Waals surface area contributed by atoms with Crippen molar-refractivity contribution < 1.29 is 5.11 Å². The Bertz CT molecular complexity index is 198. The summed E-state index contributed by atoms with van der Waals surface area (Å²) in [5.41, 5.74) is -0.245. The number of hydrogen-bond donors (Lipinski definition) is 1. The van der Waals surface area contributed by atoms with Crippen LogP contribution in [-0.4, -0.2) is 34.2 Å². The maximum Gasteiger partial charge on any atom is 0.0650 e. The molecule has 2 fully saturated rings. The molecule has 2 aliphatic rings.